The lowest BCUT2D eigenvalue weighted by Gasteiger charge is -2.07. The number of fused-ring (bicyclic) bond motifs is 1. The summed E-state index contributed by atoms with van der Waals surface area (Å²) >= 11 is 0. The molecule has 0 atom stereocenters. The van der Waals surface area contributed by atoms with Crippen LogP contribution in [0, 0.1) is 13.8 Å². The predicted molar refractivity (Wildman–Crippen MR) is 74.4 cm³/mol. The second kappa shape index (κ2) is 4.22. The molecule has 3 aromatic rings. The van der Waals surface area contributed by atoms with Gasteiger partial charge in [-0.05, 0) is 26.0 Å². The standard InChI is InChI=1S/C16H14N2/c1-11-7-12(2)9-14(8-11)16-15-6-4-3-5-13(15)10-17-18-16/h3-10H,1-2H3. The van der Waals surface area contributed by atoms with Crippen molar-refractivity contribution in [1.29, 1.82) is 0 Å². The van der Waals surface area contributed by atoms with Crippen molar-refractivity contribution in [3.63, 3.8) is 0 Å². The molecule has 2 aromatic carbocycles. The molecule has 1 heterocycles. The Labute approximate surface area is 106 Å². The third kappa shape index (κ3) is 1.86. The molecule has 0 unspecified atom stereocenters. The minimum absolute atomic E-state index is 0.958. The van der Waals surface area contributed by atoms with Crippen LogP contribution in [0.2, 0.25) is 0 Å². The molecule has 3 rings (SSSR count). The summed E-state index contributed by atoms with van der Waals surface area (Å²) in [5, 5.41) is 10.7. The van der Waals surface area contributed by atoms with Gasteiger partial charge in [0, 0.05) is 16.3 Å². The number of aromatic nitrogens is 2. The number of hydrogen-bond donors (Lipinski definition) is 0. The van der Waals surface area contributed by atoms with Crippen LogP contribution in [-0.4, -0.2) is 10.2 Å². The highest BCUT2D eigenvalue weighted by molar-refractivity contribution is 5.93. The van der Waals surface area contributed by atoms with E-state index in [4.69, 9.17) is 0 Å². The van der Waals surface area contributed by atoms with Crippen LogP contribution in [0.25, 0.3) is 22.0 Å². The highest BCUT2D eigenvalue weighted by Gasteiger charge is 2.06. The zero-order valence-corrected chi connectivity index (χ0v) is 10.5. The Bertz CT molecular complexity index is 692. The van der Waals surface area contributed by atoms with Gasteiger partial charge in [0.1, 0.15) is 5.69 Å². The van der Waals surface area contributed by atoms with E-state index in [0.29, 0.717) is 0 Å². The molecule has 0 aliphatic carbocycles. The summed E-state index contributed by atoms with van der Waals surface area (Å²) in [4.78, 5) is 0. The van der Waals surface area contributed by atoms with Gasteiger partial charge >= 0.3 is 0 Å². The van der Waals surface area contributed by atoms with Gasteiger partial charge in [-0.1, -0.05) is 41.5 Å². The molecule has 0 fully saturated rings. The topological polar surface area (TPSA) is 25.8 Å². The normalized spacial score (nSPS) is 10.8. The highest BCUT2D eigenvalue weighted by atomic mass is 15.1. The van der Waals surface area contributed by atoms with Crippen LogP contribution in [-0.2, 0) is 0 Å². The van der Waals surface area contributed by atoms with E-state index in [1.54, 1.807) is 0 Å². The van der Waals surface area contributed by atoms with Crippen LogP contribution >= 0.6 is 0 Å². The molecule has 0 radical (unpaired) electrons. The first kappa shape index (κ1) is 10.9. The molecule has 0 saturated carbocycles. The molecule has 0 saturated heterocycles. The minimum atomic E-state index is 0.958. The second-order valence-electron chi connectivity index (χ2n) is 4.66. The summed E-state index contributed by atoms with van der Waals surface area (Å²) in [7, 11) is 0. The first-order chi connectivity index (χ1) is 8.74. The Balaban J connectivity index is 2.31. The third-order valence-corrected chi connectivity index (χ3v) is 3.07. The van der Waals surface area contributed by atoms with Gasteiger partial charge in [-0.3, -0.25) is 0 Å². The highest BCUT2D eigenvalue weighted by Crippen LogP contribution is 2.26. The number of aryl methyl sites for hydroxylation is 2. The van der Waals surface area contributed by atoms with Crippen LogP contribution < -0.4 is 0 Å². The predicted octanol–water partition coefficient (Wildman–Crippen LogP) is 3.91. The number of rotatable bonds is 1. The van der Waals surface area contributed by atoms with E-state index in [1.165, 1.54) is 11.1 Å². The summed E-state index contributed by atoms with van der Waals surface area (Å²) in [5.74, 6) is 0. The zero-order valence-electron chi connectivity index (χ0n) is 10.5. The van der Waals surface area contributed by atoms with Gasteiger partial charge in [-0.2, -0.15) is 5.10 Å². The van der Waals surface area contributed by atoms with Crippen molar-refractivity contribution in [3.05, 3.63) is 59.8 Å². The molecule has 0 spiro atoms. The lowest BCUT2D eigenvalue weighted by atomic mass is 10.0. The van der Waals surface area contributed by atoms with E-state index in [0.717, 1.165) is 22.0 Å². The largest absolute Gasteiger partial charge is 0.158 e. The maximum Gasteiger partial charge on any atom is 0.101 e. The fraction of sp³-hybridized carbons (Fsp3) is 0.125. The van der Waals surface area contributed by atoms with Gasteiger partial charge in [0.25, 0.3) is 0 Å². The van der Waals surface area contributed by atoms with Gasteiger partial charge in [0.2, 0.25) is 0 Å². The molecule has 0 N–H and O–H groups in total. The Hall–Kier alpha value is -2.22. The van der Waals surface area contributed by atoms with Crippen LogP contribution in [0.4, 0.5) is 0 Å². The summed E-state index contributed by atoms with van der Waals surface area (Å²) in [6.07, 6.45) is 1.81. The molecule has 0 bridgehead atoms. The fourth-order valence-corrected chi connectivity index (χ4v) is 2.35. The lowest BCUT2D eigenvalue weighted by Crippen LogP contribution is -1.90. The van der Waals surface area contributed by atoms with Crippen LogP contribution in [0.3, 0.4) is 0 Å². The molecule has 88 valence electrons. The maximum absolute atomic E-state index is 4.31. The third-order valence-electron chi connectivity index (χ3n) is 3.07. The van der Waals surface area contributed by atoms with E-state index in [9.17, 15) is 0 Å². The average molecular weight is 234 g/mol. The summed E-state index contributed by atoms with van der Waals surface area (Å²) in [5.41, 5.74) is 4.59. The van der Waals surface area contributed by atoms with Crippen LogP contribution in [0.15, 0.2) is 48.7 Å². The van der Waals surface area contributed by atoms with Crippen molar-refractivity contribution in [2.24, 2.45) is 0 Å². The van der Waals surface area contributed by atoms with Gasteiger partial charge in [0.05, 0.1) is 6.20 Å². The molecule has 0 amide bonds. The Morgan fingerprint density at radius 1 is 0.889 bits per heavy atom. The lowest BCUT2D eigenvalue weighted by molar-refractivity contribution is 1.06. The summed E-state index contributed by atoms with van der Waals surface area (Å²) < 4.78 is 0. The average Bonchev–Trinajstić information content (AvgIpc) is 2.37. The van der Waals surface area contributed by atoms with Gasteiger partial charge < -0.3 is 0 Å². The number of nitrogens with zero attached hydrogens (tertiary/aromatic N) is 2. The quantitative estimate of drug-likeness (QED) is 0.638. The smallest absolute Gasteiger partial charge is 0.101 e. The molecule has 18 heavy (non-hydrogen) atoms. The van der Waals surface area contributed by atoms with Gasteiger partial charge in [-0.25, -0.2) is 0 Å². The van der Waals surface area contributed by atoms with Gasteiger partial charge in [0.15, 0.2) is 0 Å². The van der Waals surface area contributed by atoms with Crippen molar-refractivity contribution >= 4 is 10.8 Å². The zero-order chi connectivity index (χ0) is 12.5. The maximum atomic E-state index is 4.31. The summed E-state index contributed by atoms with van der Waals surface area (Å²) in [6.45, 7) is 4.21. The molecule has 2 nitrogen and oxygen atoms in total. The minimum Gasteiger partial charge on any atom is -0.158 e. The monoisotopic (exact) mass is 234 g/mol. The van der Waals surface area contributed by atoms with E-state index in [1.807, 2.05) is 18.3 Å². The molecule has 1 aromatic heterocycles. The molecule has 2 heteroatoms. The Morgan fingerprint density at radius 2 is 1.61 bits per heavy atom. The fourth-order valence-electron chi connectivity index (χ4n) is 2.35. The van der Waals surface area contributed by atoms with E-state index in [2.05, 4.69) is 54.4 Å². The van der Waals surface area contributed by atoms with Crippen molar-refractivity contribution in [1.82, 2.24) is 10.2 Å². The molecule has 0 aliphatic rings. The Morgan fingerprint density at radius 3 is 2.39 bits per heavy atom. The van der Waals surface area contributed by atoms with Crippen LogP contribution in [0.5, 0.6) is 0 Å². The van der Waals surface area contributed by atoms with Crippen molar-refractivity contribution in [2.45, 2.75) is 13.8 Å². The first-order valence-corrected chi connectivity index (χ1v) is 6.03. The number of hydrogen-bond acceptors (Lipinski definition) is 2. The SMILES string of the molecule is Cc1cc(C)cc(-c2nncc3ccccc23)c1. The molecular weight excluding hydrogens is 220 g/mol. The van der Waals surface area contributed by atoms with Crippen molar-refractivity contribution in [3.8, 4) is 11.3 Å². The first-order valence-electron chi connectivity index (χ1n) is 6.03. The molecular formula is C16H14N2. The Kier molecular flexibility index (Phi) is 2.56. The van der Waals surface area contributed by atoms with E-state index < -0.39 is 0 Å². The van der Waals surface area contributed by atoms with E-state index in [-0.39, 0.29) is 0 Å². The van der Waals surface area contributed by atoms with Gasteiger partial charge in [-0.15, -0.1) is 5.10 Å². The van der Waals surface area contributed by atoms with Crippen molar-refractivity contribution < 1.29 is 0 Å². The van der Waals surface area contributed by atoms with Crippen LogP contribution in [0.1, 0.15) is 11.1 Å². The second-order valence-corrected chi connectivity index (χ2v) is 4.66. The van der Waals surface area contributed by atoms with E-state index >= 15 is 0 Å². The van der Waals surface area contributed by atoms with Crippen molar-refractivity contribution in [2.75, 3.05) is 0 Å². The number of benzene rings is 2. The summed E-state index contributed by atoms with van der Waals surface area (Å²) in [6, 6.07) is 14.7. The molecule has 0 aliphatic heterocycles.